The molecule has 0 aliphatic heterocycles. The minimum Gasteiger partial charge on any atom is -0.497 e. The van der Waals surface area contributed by atoms with E-state index in [1.54, 1.807) is 43.5 Å². The standard InChI is InChI=1S/C20H19ClN2O6/c1-12-8-14(5-7-16(12)21)27-11-19(24)28-10-18-22-20(23-29-18)15-6-4-13(25-2)9-17(15)26-3/h4-9H,10-11H2,1-3H3. The Morgan fingerprint density at radius 3 is 2.62 bits per heavy atom. The van der Waals surface area contributed by atoms with Gasteiger partial charge in [-0.3, -0.25) is 0 Å². The summed E-state index contributed by atoms with van der Waals surface area (Å²) < 4.78 is 26.1. The van der Waals surface area contributed by atoms with E-state index in [2.05, 4.69) is 10.1 Å². The zero-order valence-electron chi connectivity index (χ0n) is 16.1. The van der Waals surface area contributed by atoms with Crippen LogP contribution in [0.5, 0.6) is 17.2 Å². The van der Waals surface area contributed by atoms with Crippen LogP contribution in [0.2, 0.25) is 5.02 Å². The lowest BCUT2D eigenvalue weighted by Gasteiger charge is -2.07. The average Bonchev–Trinajstić information content (AvgIpc) is 3.21. The van der Waals surface area contributed by atoms with Crippen molar-refractivity contribution < 1.29 is 28.3 Å². The summed E-state index contributed by atoms with van der Waals surface area (Å²) in [6.07, 6.45) is 0. The summed E-state index contributed by atoms with van der Waals surface area (Å²) in [5.41, 5.74) is 1.47. The topological polar surface area (TPSA) is 92.9 Å². The van der Waals surface area contributed by atoms with Crippen molar-refractivity contribution in [1.29, 1.82) is 0 Å². The van der Waals surface area contributed by atoms with Crippen LogP contribution in [0.15, 0.2) is 40.9 Å². The Hall–Kier alpha value is -3.26. The van der Waals surface area contributed by atoms with Crippen molar-refractivity contribution in [3.8, 4) is 28.6 Å². The molecular weight excluding hydrogens is 400 g/mol. The van der Waals surface area contributed by atoms with Crippen LogP contribution in [0, 0.1) is 6.92 Å². The minimum absolute atomic E-state index is 0.147. The molecule has 1 heterocycles. The van der Waals surface area contributed by atoms with Gasteiger partial charge >= 0.3 is 5.97 Å². The summed E-state index contributed by atoms with van der Waals surface area (Å²) >= 11 is 5.96. The van der Waals surface area contributed by atoms with Crippen LogP contribution in [0.25, 0.3) is 11.4 Å². The number of aromatic nitrogens is 2. The molecule has 0 aliphatic carbocycles. The maximum absolute atomic E-state index is 11.9. The molecule has 0 spiro atoms. The van der Waals surface area contributed by atoms with Crippen molar-refractivity contribution >= 4 is 17.6 Å². The van der Waals surface area contributed by atoms with Crippen molar-refractivity contribution in [2.75, 3.05) is 20.8 Å². The first-order valence-corrected chi connectivity index (χ1v) is 8.97. The molecule has 0 amide bonds. The second kappa shape index (κ2) is 9.29. The van der Waals surface area contributed by atoms with Gasteiger partial charge in [0.15, 0.2) is 13.2 Å². The average molecular weight is 419 g/mol. The molecule has 2 aromatic carbocycles. The van der Waals surface area contributed by atoms with E-state index in [0.717, 1.165) is 5.56 Å². The van der Waals surface area contributed by atoms with Gasteiger partial charge < -0.3 is 23.5 Å². The van der Waals surface area contributed by atoms with Crippen LogP contribution in [-0.4, -0.2) is 36.9 Å². The zero-order valence-corrected chi connectivity index (χ0v) is 16.9. The Morgan fingerprint density at radius 1 is 1.10 bits per heavy atom. The van der Waals surface area contributed by atoms with Crippen molar-refractivity contribution in [1.82, 2.24) is 10.1 Å². The molecule has 0 N–H and O–H groups in total. The summed E-state index contributed by atoms with van der Waals surface area (Å²) in [7, 11) is 3.09. The van der Waals surface area contributed by atoms with Crippen molar-refractivity contribution in [3.63, 3.8) is 0 Å². The van der Waals surface area contributed by atoms with E-state index in [9.17, 15) is 4.79 Å². The number of hydrogen-bond acceptors (Lipinski definition) is 8. The van der Waals surface area contributed by atoms with Gasteiger partial charge in [-0.1, -0.05) is 16.8 Å². The molecule has 0 saturated carbocycles. The van der Waals surface area contributed by atoms with Crippen LogP contribution < -0.4 is 14.2 Å². The van der Waals surface area contributed by atoms with Gasteiger partial charge in [-0.2, -0.15) is 4.98 Å². The van der Waals surface area contributed by atoms with E-state index in [1.165, 1.54) is 7.11 Å². The van der Waals surface area contributed by atoms with Crippen LogP contribution in [-0.2, 0) is 16.1 Å². The summed E-state index contributed by atoms with van der Waals surface area (Å²) in [5.74, 6) is 1.58. The molecule has 9 heteroatoms. The number of nitrogens with zero attached hydrogens (tertiary/aromatic N) is 2. The summed E-state index contributed by atoms with van der Waals surface area (Å²) in [4.78, 5) is 16.1. The van der Waals surface area contributed by atoms with E-state index in [4.69, 9.17) is 35.1 Å². The van der Waals surface area contributed by atoms with Gasteiger partial charge in [-0.25, -0.2) is 4.79 Å². The van der Waals surface area contributed by atoms with Crippen LogP contribution >= 0.6 is 11.6 Å². The molecule has 0 radical (unpaired) electrons. The maximum atomic E-state index is 11.9. The Kier molecular flexibility index (Phi) is 6.56. The Bertz CT molecular complexity index is 1000. The third-order valence-corrected chi connectivity index (χ3v) is 4.38. The lowest BCUT2D eigenvalue weighted by Crippen LogP contribution is -2.14. The molecule has 1 aromatic heterocycles. The first-order valence-electron chi connectivity index (χ1n) is 8.59. The first kappa shape index (κ1) is 20.5. The number of halogens is 1. The van der Waals surface area contributed by atoms with Crippen LogP contribution in [0.1, 0.15) is 11.5 Å². The number of hydrogen-bond donors (Lipinski definition) is 0. The molecular formula is C20H19ClN2O6. The van der Waals surface area contributed by atoms with Gasteiger partial charge in [0.2, 0.25) is 5.82 Å². The van der Waals surface area contributed by atoms with Gasteiger partial charge in [0.1, 0.15) is 17.2 Å². The van der Waals surface area contributed by atoms with Crippen molar-refractivity contribution in [3.05, 3.63) is 52.9 Å². The van der Waals surface area contributed by atoms with Crippen LogP contribution in [0.3, 0.4) is 0 Å². The normalized spacial score (nSPS) is 10.5. The largest absolute Gasteiger partial charge is 0.497 e. The highest BCUT2D eigenvalue weighted by molar-refractivity contribution is 6.31. The number of esters is 1. The number of aryl methyl sites for hydroxylation is 1. The van der Waals surface area contributed by atoms with Crippen molar-refractivity contribution in [2.24, 2.45) is 0 Å². The molecule has 0 bridgehead atoms. The van der Waals surface area contributed by atoms with E-state index in [-0.39, 0.29) is 19.1 Å². The fourth-order valence-electron chi connectivity index (χ4n) is 2.44. The fraction of sp³-hybridized carbons (Fsp3) is 0.250. The van der Waals surface area contributed by atoms with Gasteiger partial charge in [0.05, 0.1) is 19.8 Å². The first-order chi connectivity index (χ1) is 14.0. The lowest BCUT2D eigenvalue weighted by molar-refractivity contribution is -0.148. The second-order valence-corrected chi connectivity index (χ2v) is 6.35. The smallest absolute Gasteiger partial charge is 0.344 e. The van der Waals surface area contributed by atoms with E-state index in [1.807, 2.05) is 6.92 Å². The molecule has 3 rings (SSSR count). The number of ether oxygens (including phenoxy) is 4. The second-order valence-electron chi connectivity index (χ2n) is 5.94. The van der Waals surface area contributed by atoms with E-state index >= 15 is 0 Å². The Labute approximate surface area is 172 Å². The molecule has 29 heavy (non-hydrogen) atoms. The number of benzene rings is 2. The highest BCUT2D eigenvalue weighted by Crippen LogP contribution is 2.31. The molecule has 0 fully saturated rings. The molecule has 3 aromatic rings. The molecule has 0 unspecified atom stereocenters. The summed E-state index contributed by atoms with van der Waals surface area (Å²) in [6.45, 7) is 1.42. The number of rotatable bonds is 8. The third-order valence-electron chi connectivity index (χ3n) is 3.96. The molecule has 8 nitrogen and oxygen atoms in total. The van der Waals surface area contributed by atoms with Gasteiger partial charge in [0, 0.05) is 11.1 Å². The number of carbonyl (C=O) groups excluding carboxylic acids is 1. The quantitative estimate of drug-likeness (QED) is 0.509. The molecule has 0 aliphatic rings. The molecule has 0 atom stereocenters. The highest BCUT2D eigenvalue weighted by atomic mass is 35.5. The van der Waals surface area contributed by atoms with Crippen LogP contribution in [0.4, 0.5) is 0 Å². The highest BCUT2D eigenvalue weighted by Gasteiger charge is 2.15. The van der Waals surface area contributed by atoms with E-state index < -0.39 is 5.97 Å². The third kappa shape index (κ3) is 5.17. The van der Waals surface area contributed by atoms with E-state index in [0.29, 0.717) is 33.7 Å². The minimum atomic E-state index is -0.570. The summed E-state index contributed by atoms with van der Waals surface area (Å²) in [6, 6.07) is 10.3. The van der Waals surface area contributed by atoms with Gasteiger partial charge in [0.25, 0.3) is 5.89 Å². The molecule has 0 saturated heterocycles. The fourth-order valence-corrected chi connectivity index (χ4v) is 2.56. The maximum Gasteiger partial charge on any atom is 0.344 e. The van der Waals surface area contributed by atoms with Gasteiger partial charge in [-0.15, -0.1) is 0 Å². The Morgan fingerprint density at radius 2 is 1.90 bits per heavy atom. The van der Waals surface area contributed by atoms with Gasteiger partial charge in [-0.05, 0) is 42.8 Å². The predicted molar refractivity (Wildman–Crippen MR) is 104 cm³/mol. The number of carbonyl (C=O) groups is 1. The monoisotopic (exact) mass is 418 g/mol. The lowest BCUT2D eigenvalue weighted by atomic mass is 10.2. The number of methoxy groups -OCH3 is 2. The molecule has 152 valence electrons. The Balaban J connectivity index is 1.56. The van der Waals surface area contributed by atoms with Crippen molar-refractivity contribution in [2.45, 2.75) is 13.5 Å². The SMILES string of the molecule is COc1ccc(-c2noc(COC(=O)COc3ccc(Cl)c(C)c3)n2)c(OC)c1. The predicted octanol–water partition coefficient (Wildman–Crippen LogP) is 3.84. The summed E-state index contributed by atoms with van der Waals surface area (Å²) in [5, 5.41) is 4.52. The zero-order chi connectivity index (χ0) is 20.8.